The van der Waals surface area contributed by atoms with Gasteiger partial charge < -0.3 is 30.1 Å². The van der Waals surface area contributed by atoms with Gasteiger partial charge in [-0.25, -0.2) is 14.4 Å². The van der Waals surface area contributed by atoms with E-state index >= 15 is 0 Å². The molecule has 11 nitrogen and oxygen atoms in total. The van der Waals surface area contributed by atoms with Gasteiger partial charge in [0.2, 0.25) is 0 Å². The van der Waals surface area contributed by atoms with Crippen molar-refractivity contribution in [2.24, 2.45) is 10.1 Å². The number of alkyl carbamates (subject to hydrolysis) is 1. The average molecular weight is 436 g/mol. The summed E-state index contributed by atoms with van der Waals surface area (Å²) in [6.07, 6.45) is 0.679. The Morgan fingerprint density at radius 1 is 1.10 bits per heavy atom. The number of nitrogens with one attached hydrogen (secondary N) is 2. The molecule has 3 N–H and O–H groups in total. The van der Waals surface area contributed by atoms with E-state index in [0.29, 0.717) is 11.3 Å². The van der Waals surface area contributed by atoms with E-state index in [-0.39, 0.29) is 12.1 Å². The van der Waals surface area contributed by atoms with E-state index in [0.717, 1.165) is 12.6 Å². The topological polar surface area (TPSA) is 148 Å². The number of ether oxygens (including phenoxy) is 3. The quantitative estimate of drug-likeness (QED) is 0.147. The predicted octanol–water partition coefficient (Wildman–Crippen LogP) is 3.16. The summed E-state index contributed by atoms with van der Waals surface area (Å²) < 4.78 is 15.0. The molecule has 0 fully saturated rings. The number of esters is 1. The van der Waals surface area contributed by atoms with Gasteiger partial charge in [-0.2, -0.15) is 4.99 Å². The Kier molecular flexibility index (Phi) is 8.97. The minimum atomic E-state index is -1.04. The standard InChI is InChI=1S/C20H28N4O7/c1-19(2,3)30-17(26)21-11-20(4,5)31-18(27)23-12-22-15-8-13(10-24-28)7-14(9-15)16(25)29-6/h7-10,12,28H,11H2,1-6H3,(H,21,26)(H,22,23,27). The van der Waals surface area contributed by atoms with Gasteiger partial charge in [-0.1, -0.05) is 5.16 Å². The van der Waals surface area contributed by atoms with Gasteiger partial charge in [0, 0.05) is 5.69 Å². The van der Waals surface area contributed by atoms with Crippen molar-refractivity contribution in [3.63, 3.8) is 0 Å². The van der Waals surface area contributed by atoms with E-state index in [4.69, 9.17) is 14.7 Å². The zero-order valence-electron chi connectivity index (χ0n) is 18.4. The smallest absolute Gasteiger partial charge is 0.435 e. The second kappa shape index (κ2) is 11.0. The summed E-state index contributed by atoms with van der Waals surface area (Å²) in [5.41, 5.74) is -0.679. The maximum atomic E-state index is 12.0. The third-order valence-electron chi connectivity index (χ3n) is 3.41. The molecule has 0 aromatic heterocycles. The normalized spacial score (nSPS) is 11.9. The molecule has 0 bridgehead atoms. The van der Waals surface area contributed by atoms with Gasteiger partial charge in [0.25, 0.3) is 0 Å². The van der Waals surface area contributed by atoms with Crippen LogP contribution in [0.5, 0.6) is 0 Å². The number of hydrogen-bond donors (Lipinski definition) is 3. The lowest BCUT2D eigenvalue weighted by molar-refractivity contribution is 0.0294. The van der Waals surface area contributed by atoms with Gasteiger partial charge in [-0.05, 0) is 58.4 Å². The van der Waals surface area contributed by atoms with Crippen molar-refractivity contribution in [2.75, 3.05) is 19.0 Å². The number of carbonyl (C=O) groups excluding carboxylic acids is 3. The van der Waals surface area contributed by atoms with E-state index in [1.165, 1.54) is 19.2 Å². The van der Waals surface area contributed by atoms with E-state index in [1.54, 1.807) is 40.7 Å². The van der Waals surface area contributed by atoms with Gasteiger partial charge >= 0.3 is 18.2 Å². The van der Waals surface area contributed by atoms with Crippen molar-refractivity contribution in [1.29, 1.82) is 0 Å². The molecule has 170 valence electrons. The first-order valence-electron chi connectivity index (χ1n) is 9.25. The molecule has 11 heteroatoms. The molecular weight excluding hydrogens is 408 g/mol. The molecule has 0 saturated heterocycles. The molecule has 0 heterocycles. The van der Waals surface area contributed by atoms with Crippen molar-refractivity contribution in [1.82, 2.24) is 5.32 Å². The van der Waals surface area contributed by atoms with Crippen LogP contribution in [0.1, 0.15) is 50.5 Å². The molecule has 0 saturated carbocycles. The highest BCUT2D eigenvalue weighted by molar-refractivity contribution is 5.95. The second-order valence-electron chi connectivity index (χ2n) is 7.97. The van der Waals surface area contributed by atoms with Crippen molar-refractivity contribution in [3.05, 3.63) is 29.3 Å². The van der Waals surface area contributed by atoms with E-state index in [2.05, 4.69) is 25.5 Å². The van der Waals surface area contributed by atoms with Gasteiger partial charge in [0.1, 0.15) is 11.2 Å². The van der Waals surface area contributed by atoms with E-state index in [9.17, 15) is 14.4 Å². The molecule has 2 amide bonds. The number of carbonyl (C=O) groups is 3. The molecule has 1 aromatic rings. The first kappa shape index (κ1) is 25.4. The number of benzene rings is 1. The Bertz CT molecular complexity index is 858. The Balaban J connectivity index is 2.70. The number of methoxy groups -OCH3 is 1. The summed E-state index contributed by atoms with van der Waals surface area (Å²) >= 11 is 0. The maximum Gasteiger partial charge on any atom is 0.435 e. The highest BCUT2D eigenvalue weighted by Gasteiger charge is 2.25. The lowest BCUT2D eigenvalue weighted by Crippen LogP contribution is -2.43. The SMILES string of the molecule is COC(=O)c1cc(C=NO)cc(NC=NC(=O)OC(C)(C)CNC(=O)OC(C)(C)C)c1. The molecule has 1 aromatic carbocycles. The fraction of sp³-hybridized carbons (Fsp3) is 0.450. The van der Waals surface area contributed by atoms with Crippen LogP contribution in [0.3, 0.4) is 0 Å². The first-order chi connectivity index (χ1) is 14.3. The Labute approximate surface area is 180 Å². The number of amides is 2. The summed E-state index contributed by atoms with van der Waals surface area (Å²) in [6, 6.07) is 4.48. The minimum absolute atomic E-state index is 0.0155. The zero-order chi connectivity index (χ0) is 23.7. The maximum absolute atomic E-state index is 12.0. The fourth-order valence-electron chi connectivity index (χ4n) is 2.17. The number of hydrogen-bond acceptors (Lipinski definition) is 8. The van der Waals surface area contributed by atoms with Gasteiger partial charge in [0.05, 0.1) is 31.8 Å². The van der Waals surface area contributed by atoms with Crippen LogP contribution in [0, 0.1) is 0 Å². The van der Waals surface area contributed by atoms with Crippen LogP contribution in [0.25, 0.3) is 0 Å². The molecule has 0 atom stereocenters. The molecule has 1 rings (SSSR count). The lowest BCUT2D eigenvalue weighted by Gasteiger charge is -2.25. The van der Waals surface area contributed by atoms with Crippen LogP contribution in [-0.4, -0.2) is 60.8 Å². The van der Waals surface area contributed by atoms with Gasteiger partial charge in [0.15, 0.2) is 0 Å². The highest BCUT2D eigenvalue weighted by atomic mass is 16.6. The summed E-state index contributed by atoms with van der Waals surface area (Å²) in [5.74, 6) is -0.591. The van der Waals surface area contributed by atoms with Crippen molar-refractivity contribution >= 4 is 36.4 Å². The molecule has 0 radical (unpaired) electrons. The Morgan fingerprint density at radius 3 is 2.35 bits per heavy atom. The minimum Gasteiger partial charge on any atom is -0.465 e. The highest BCUT2D eigenvalue weighted by Crippen LogP contribution is 2.15. The number of rotatable bonds is 7. The van der Waals surface area contributed by atoms with Crippen molar-refractivity contribution < 1.29 is 33.8 Å². The Morgan fingerprint density at radius 2 is 1.77 bits per heavy atom. The molecule has 0 spiro atoms. The predicted molar refractivity (Wildman–Crippen MR) is 114 cm³/mol. The lowest BCUT2D eigenvalue weighted by atomic mass is 10.1. The monoisotopic (exact) mass is 436 g/mol. The third kappa shape index (κ3) is 10.1. The van der Waals surface area contributed by atoms with E-state index in [1.807, 2.05) is 0 Å². The van der Waals surface area contributed by atoms with Crippen LogP contribution in [0.4, 0.5) is 15.3 Å². The van der Waals surface area contributed by atoms with Crippen LogP contribution in [0.15, 0.2) is 28.3 Å². The fourth-order valence-corrected chi connectivity index (χ4v) is 2.17. The van der Waals surface area contributed by atoms with Gasteiger partial charge in [-0.3, -0.25) is 0 Å². The van der Waals surface area contributed by atoms with Crippen LogP contribution in [-0.2, 0) is 14.2 Å². The van der Waals surface area contributed by atoms with Crippen molar-refractivity contribution in [2.45, 2.75) is 45.8 Å². The third-order valence-corrected chi connectivity index (χ3v) is 3.41. The number of anilines is 1. The second-order valence-corrected chi connectivity index (χ2v) is 7.97. The summed E-state index contributed by atoms with van der Waals surface area (Å²) in [6.45, 7) is 8.43. The van der Waals surface area contributed by atoms with Crippen LogP contribution < -0.4 is 10.6 Å². The molecule has 0 aliphatic heterocycles. The Hall–Kier alpha value is -3.63. The molecular formula is C20H28N4O7. The number of oxime groups is 1. The summed E-state index contributed by atoms with van der Waals surface area (Å²) in [5, 5.41) is 16.9. The van der Waals surface area contributed by atoms with Crippen LogP contribution >= 0.6 is 0 Å². The van der Waals surface area contributed by atoms with Gasteiger partial charge in [-0.15, -0.1) is 0 Å². The number of nitrogens with zero attached hydrogens (tertiary/aromatic N) is 2. The zero-order valence-corrected chi connectivity index (χ0v) is 18.4. The largest absolute Gasteiger partial charge is 0.465 e. The molecule has 0 aliphatic carbocycles. The summed E-state index contributed by atoms with van der Waals surface area (Å²) in [7, 11) is 1.24. The molecule has 0 unspecified atom stereocenters. The molecule has 31 heavy (non-hydrogen) atoms. The summed E-state index contributed by atoms with van der Waals surface area (Å²) in [4.78, 5) is 39.1. The number of aliphatic imine (C=N–C) groups is 1. The molecule has 0 aliphatic rings. The van der Waals surface area contributed by atoms with Crippen molar-refractivity contribution in [3.8, 4) is 0 Å². The van der Waals surface area contributed by atoms with E-state index < -0.39 is 29.4 Å². The van der Waals surface area contributed by atoms with Crippen LogP contribution in [0.2, 0.25) is 0 Å². The first-order valence-corrected chi connectivity index (χ1v) is 9.25. The average Bonchev–Trinajstić information content (AvgIpc) is 2.64.